The number of nitrogens with two attached hydrogens (primary N) is 1. The van der Waals surface area contributed by atoms with Crippen LogP contribution in [0.4, 0.5) is 11.4 Å². The van der Waals surface area contributed by atoms with Crippen LogP contribution >= 0.6 is 0 Å². The van der Waals surface area contributed by atoms with Gasteiger partial charge in [0.25, 0.3) is 5.91 Å². The van der Waals surface area contributed by atoms with Crippen LogP contribution in [0.5, 0.6) is 11.5 Å². The molecule has 10 heteroatoms. The van der Waals surface area contributed by atoms with E-state index in [0.717, 1.165) is 11.1 Å². The number of pyridine rings is 1. The highest BCUT2D eigenvalue weighted by Gasteiger charge is 2.17. The fourth-order valence-electron chi connectivity index (χ4n) is 3.67. The lowest BCUT2D eigenvalue weighted by Crippen LogP contribution is -2.32. The van der Waals surface area contributed by atoms with Crippen molar-refractivity contribution in [1.82, 2.24) is 10.3 Å². The zero-order valence-corrected chi connectivity index (χ0v) is 20.7. The minimum atomic E-state index is -0.315. The molecule has 10 nitrogen and oxygen atoms in total. The molecule has 36 heavy (non-hydrogen) atoms. The monoisotopic (exact) mass is 490 g/mol. The maximum absolute atomic E-state index is 12.9. The number of benzene rings is 2. The number of methoxy groups -OCH3 is 2. The first-order chi connectivity index (χ1) is 17.2. The van der Waals surface area contributed by atoms with Crippen molar-refractivity contribution in [2.45, 2.75) is 13.5 Å². The zero-order chi connectivity index (χ0) is 26.2. The fourth-order valence-corrected chi connectivity index (χ4v) is 3.67. The summed E-state index contributed by atoms with van der Waals surface area (Å²) in [6.45, 7) is 2.06. The molecule has 3 rings (SSSR count). The largest absolute Gasteiger partial charge is 0.496 e. The minimum absolute atomic E-state index is 0.0313. The van der Waals surface area contributed by atoms with Crippen LogP contribution in [0.2, 0.25) is 0 Å². The second-order valence-corrected chi connectivity index (χ2v) is 8.09. The lowest BCUT2D eigenvalue weighted by Gasteiger charge is -2.23. The summed E-state index contributed by atoms with van der Waals surface area (Å²) >= 11 is 0. The Morgan fingerprint density at radius 1 is 1.08 bits per heavy atom. The molecule has 2 aromatic carbocycles. The van der Waals surface area contributed by atoms with Crippen molar-refractivity contribution >= 4 is 29.0 Å². The van der Waals surface area contributed by atoms with Crippen molar-refractivity contribution in [3.05, 3.63) is 77.1 Å². The average molecular weight is 491 g/mol. The van der Waals surface area contributed by atoms with E-state index in [1.807, 2.05) is 6.92 Å². The van der Waals surface area contributed by atoms with E-state index in [1.165, 1.54) is 14.2 Å². The van der Waals surface area contributed by atoms with E-state index in [4.69, 9.17) is 20.6 Å². The Morgan fingerprint density at radius 2 is 1.78 bits per heavy atom. The Morgan fingerprint density at radius 3 is 2.36 bits per heavy atom. The predicted octanol–water partition coefficient (Wildman–Crippen LogP) is 2.70. The molecule has 0 aliphatic rings. The number of amides is 2. The molecule has 0 radical (unpaired) electrons. The first-order valence-electron chi connectivity index (χ1n) is 11.1. The number of nitrogens with zero attached hydrogens (tertiary/aromatic N) is 2. The highest BCUT2D eigenvalue weighted by atomic mass is 16.5. The van der Waals surface area contributed by atoms with Gasteiger partial charge < -0.3 is 30.7 Å². The van der Waals surface area contributed by atoms with Crippen LogP contribution in [0.3, 0.4) is 0 Å². The van der Waals surface area contributed by atoms with Crippen molar-refractivity contribution < 1.29 is 19.1 Å². The molecule has 2 amide bonds. The van der Waals surface area contributed by atoms with Crippen LogP contribution < -0.4 is 30.7 Å². The molecule has 0 spiro atoms. The van der Waals surface area contributed by atoms with E-state index >= 15 is 0 Å². The summed E-state index contributed by atoms with van der Waals surface area (Å²) in [5.74, 6) is 0.437. The molecule has 0 bridgehead atoms. The number of nitrogens with one attached hydrogen (secondary N) is 3. The van der Waals surface area contributed by atoms with Crippen molar-refractivity contribution in [3.63, 3.8) is 0 Å². The number of carbonyl (C=O) groups is 2. The Balaban J connectivity index is 1.79. The van der Waals surface area contributed by atoms with Gasteiger partial charge in [-0.05, 0) is 42.8 Å². The van der Waals surface area contributed by atoms with Gasteiger partial charge in [-0.3, -0.25) is 20.0 Å². The van der Waals surface area contributed by atoms with E-state index in [1.54, 1.807) is 66.8 Å². The third-order valence-electron chi connectivity index (χ3n) is 5.59. The topological polar surface area (TPSA) is 143 Å². The quantitative estimate of drug-likeness (QED) is 0.253. The molecule has 3 aromatic rings. The Kier molecular flexibility index (Phi) is 8.45. The van der Waals surface area contributed by atoms with Crippen LogP contribution in [-0.2, 0) is 11.3 Å². The van der Waals surface area contributed by atoms with Gasteiger partial charge in [-0.15, -0.1) is 0 Å². The molecule has 0 aliphatic heterocycles. The first kappa shape index (κ1) is 26.0. The molecular weight excluding hydrogens is 460 g/mol. The SMILES string of the molecule is COc1cc(C(=O)NCc2ccc(C(=N)N)cc2N(C)CC(=O)Nc2cccnc2)cc(OC)c1C. The maximum atomic E-state index is 12.9. The van der Waals surface area contributed by atoms with Gasteiger partial charge in [0.2, 0.25) is 5.91 Å². The van der Waals surface area contributed by atoms with Gasteiger partial charge in [0.05, 0.1) is 32.6 Å². The van der Waals surface area contributed by atoms with E-state index in [0.29, 0.717) is 34.0 Å². The number of anilines is 2. The van der Waals surface area contributed by atoms with Crippen molar-refractivity contribution in [1.29, 1.82) is 5.41 Å². The summed E-state index contributed by atoms with van der Waals surface area (Å²) < 4.78 is 10.7. The van der Waals surface area contributed by atoms with Gasteiger partial charge in [-0.25, -0.2) is 0 Å². The summed E-state index contributed by atoms with van der Waals surface area (Å²) in [6, 6.07) is 12.0. The number of hydrogen-bond donors (Lipinski definition) is 4. The molecule has 0 aliphatic carbocycles. The van der Waals surface area contributed by atoms with Crippen LogP contribution in [0.1, 0.15) is 27.0 Å². The van der Waals surface area contributed by atoms with Gasteiger partial charge in [0, 0.05) is 42.2 Å². The number of carbonyl (C=O) groups excluding carboxylic acids is 2. The van der Waals surface area contributed by atoms with Crippen LogP contribution in [0.15, 0.2) is 54.9 Å². The normalized spacial score (nSPS) is 10.3. The molecule has 188 valence electrons. The van der Waals surface area contributed by atoms with E-state index in [2.05, 4.69) is 15.6 Å². The highest BCUT2D eigenvalue weighted by Crippen LogP contribution is 2.29. The summed E-state index contributed by atoms with van der Waals surface area (Å²) in [7, 11) is 4.82. The average Bonchev–Trinajstić information content (AvgIpc) is 2.87. The molecule has 0 unspecified atom stereocenters. The number of aromatic nitrogens is 1. The Bertz CT molecular complexity index is 1240. The van der Waals surface area contributed by atoms with Crippen molar-refractivity contribution in [3.8, 4) is 11.5 Å². The molecule has 0 atom stereocenters. The Labute approximate surface area is 209 Å². The molecule has 0 saturated heterocycles. The number of rotatable bonds is 10. The van der Waals surface area contributed by atoms with Gasteiger partial charge in [-0.2, -0.15) is 0 Å². The van der Waals surface area contributed by atoms with Crippen LogP contribution in [0.25, 0.3) is 0 Å². The fraction of sp³-hybridized carbons (Fsp3) is 0.231. The van der Waals surface area contributed by atoms with Gasteiger partial charge >= 0.3 is 0 Å². The van der Waals surface area contributed by atoms with Crippen LogP contribution in [-0.4, -0.2) is 50.4 Å². The van der Waals surface area contributed by atoms with Crippen molar-refractivity contribution in [2.75, 3.05) is 38.0 Å². The number of likely N-dealkylation sites (N-methyl/N-ethyl adjacent to an activating group) is 1. The zero-order valence-electron chi connectivity index (χ0n) is 20.7. The molecule has 0 saturated carbocycles. The molecular formula is C26H30N6O4. The summed E-state index contributed by atoms with van der Waals surface area (Å²) in [5.41, 5.74) is 9.37. The van der Waals surface area contributed by atoms with Gasteiger partial charge in [0.1, 0.15) is 17.3 Å². The molecule has 1 aromatic heterocycles. The lowest BCUT2D eigenvalue weighted by atomic mass is 10.1. The van der Waals surface area contributed by atoms with E-state index in [-0.39, 0.29) is 30.7 Å². The van der Waals surface area contributed by atoms with Crippen LogP contribution in [0, 0.1) is 12.3 Å². The number of hydrogen-bond acceptors (Lipinski definition) is 7. The standard InChI is InChI=1S/C26H30N6O4/c1-16-22(35-3)11-19(12-23(16)36-4)26(34)30-13-18-8-7-17(25(27)28)10-21(18)32(2)15-24(33)31-20-6-5-9-29-14-20/h5-12,14H,13,15H2,1-4H3,(H3,27,28)(H,30,34)(H,31,33). The third kappa shape index (κ3) is 6.29. The number of ether oxygens (including phenoxy) is 2. The second kappa shape index (κ2) is 11.7. The summed E-state index contributed by atoms with van der Waals surface area (Å²) in [5, 5.41) is 13.5. The lowest BCUT2D eigenvalue weighted by molar-refractivity contribution is -0.114. The number of amidine groups is 1. The van der Waals surface area contributed by atoms with E-state index in [9.17, 15) is 9.59 Å². The first-order valence-corrected chi connectivity index (χ1v) is 11.1. The minimum Gasteiger partial charge on any atom is -0.496 e. The van der Waals surface area contributed by atoms with Gasteiger partial charge in [0.15, 0.2) is 0 Å². The summed E-state index contributed by atoms with van der Waals surface area (Å²) in [4.78, 5) is 31.3. The predicted molar refractivity (Wildman–Crippen MR) is 139 cm³/mol. The smallest absolute Gasteiger partial charge is 0.251 e. The third-order valence-corrected chi connectivity index (χ3v) is 5.59. The summed E-state index contributed by atoms with van der Waals surface area (Å²) in [6.07, 6.45) is 3.18. The highest BCUT2D eigenvalue weighted by molar-refractivity contribution is 5.98. The second-order valence-electron chi connectivity index (χ2n) is 8.09. The molecule has 0 fully saturated rings. The van der Waals surface area contributed by atoms with E-state index < -0.39 is 0 Å². The number of nitrogen functional groups attached to an aromatic ring is 1. The maximum Gasteiger partial charge on any atom is 0.251 e. The van der Waals surface area contributed by atoms with Gasteiger partial charge in [-0.1, -0.05) is 12.1 Å². The Hall–Kier alpha value is -4.60. The molecule has 5 N–H and O–H groups in total. The molecule has 1 heterocycles. The van der Waals surface area contributed by atoms with Crippen molar-refractivity contribution in [2.24, 2.45) is 5.73 Å².